The summed E-state index contributed by atoms with van der Waals surface area (Å²) in [6, 6.07) is 8.40. The van der Waals surface area contributed by atoms with Crippen LogP contribution in [0.25, 0.3) is 0 Å². The topological polar surface area (TPSA) is 67.5 Å². The summed E-state index contributed by atoms with van der Waals surface area (Å²) in [5.74, 6) is 0. The standard InChI is InChI=1S/C14H9ClF3N3O2/c15-12-7-11(5-6-13(12)21(22)23)20-19-8-9-1-3-10(4-2-9)14(16,17)18/h1-8,20H/b19-8+. The van der Waals surface area contributed by atoms with Crippen LogP contribution in [0, 0.1) is 10.1 Å². The molecule has 1 N–H and O–H groups in total. The zero-order chi connectivity index (χ0) is 17.0. The second-order valence-corrected chi connectivity index (χ2v) is 4.82. The van der Waals surface area contributed by atoms with E-state index in [9.17, 15) is 23.3 Å². The van der Waals surface area contributed by atoms with Crippen LogP contribution in [0.3, 0.4) is 0 Å². The van der Waals surface area contributed by atoms with E-state index < -0.39 is 16.7 Å². The Labute approximate surface area is 133 Å². The fourth-order valence-corrected chi connectivity index (χ4v) is 1.91. The molecule has 0 aromatic heterocycles. The molecule has 5 nitrogen and oxygen atoms in total. The Morgan fingerprint density at radius 3 is 2.35 bits per heavy atom. The molecule has 0 aliphatic carbocycles. The molecule has 2 aromatic rings. The molecule has 23 heavy (non-hydrogen) atoms. The van der Waals surface area contributed by atoms with E-state index in [-0.39, 0.29) is 10.7 Å². The van der Waals surface area contributed by atoms with Gasteiger partial charge in [0, 0.05) is 6.07 Å². The molecule has 0 bridgehead atoms. The molecule has 2 rings (SSSR count). The summed E-state index contributed by atoms with van der Waals surface area (Å²) in [7, 11) is 0. The van der Waals surface area contributed by atoms with Gasteiger partial charge in [0.15, 0.2) is 0 Å². The normalized spacial score (nSPS) is 11.7. The fourth-order valence-electron chi connectivity index (χ4n) is 1.66. The largest absolute Gasteiger partial charge is 0.416 e. The van der Waals surface area contributed by atoms with Crippen molar-refractivity contribution in [3.63, 3.8) is 0 Å². The summed E-state index contributed by atoms with van der Waals surface area (Å²) in [6.07, 6.45) is -3.07. The maximum atomic E-state index is 12.4. The zero-order valence-electron chi connectivity index (χ0n) is 11.3. The Bertz CT molecular complexity index is 746. The average molecular weight is 344 g/mol. The average Bonchev–Trinajstić information content (AvgIpc) is 2.46. The summed E-state index contributed by atoms with van der Waals surface area (Å²) in [5.41, 5.74) is 2.47. The monoisotopic (exact) mass is 343 g/mol. The third-order valence-electron chi connectivity index (χ3n) is 2.79. The first-order valence-corrected chi connectivity index (χ1v) is 6.55. The number of hydrogen-bond acceptors (Lipinski definition) is 4. The van der Waals surface area contributed by atoms with Gasteiger partial charge in [-0.2, -0.15) is 18.3 Å². The lowest BCUT2D eigenvalue weighted by molar-refractivity contribution is -0.384. The first-order valence-electron chi connectivity index (χ1n) is 6.17. The molecule has 0 atom stereocenters. The molecule has 0 saturated heterocycles. The molecule has 0 fully saturated rings. The lowest BCUT2D eigenvalue weighted by Crippen LogP contribution is -2.04. The minimum absolute atomic E-state index is 0.0512. The van der Waals surface area contributed by atoms with Crippen LogP contribution in [0.5, 0.6) is 0 Å². The molecule has 0 saturated carbocycles. The van der Waals surface area contributed by atoms with Gasteiger partial charge in [-0.15, -0.1) is 0 Å². The molecule has 9 heteroatoms. The third-order valence-corrected chi connectivity index (χ3v) is 3.09. The van der Waals surface area contributed by atoms with Crippen molar-refractivity contribution in [2.24, 2.45) is 5.10 Å². The summed E-state index contributed by atoms with van der Waals surface area (Å²) < 4.78 is 37.2. The van der Waals surface area contributed by atoms with E-state index in [1.54, 1.807) is 0 Å². The summed E-state index contributed by atoms with van der Waals surface area (Å²) in [6.45, 7) is 0. The Morgan fingerprint density at radius 2 is 1.83 bits per heavy atom. The van der Waals surface area contributed by atoms with Gasteiger partial charge >= 0.3 is 6.18 Å². The van der Waals surface area contributed by atoms with Gasteiger partial charge in [-0.25, -0.2) is 0 Å². The second-order valence-electron chi connectivity index (χ2n) is 4.41. The highest BCUT2D eigenvalue weighted by Gasteiger charge is 2.29. The molecule has 0 unspecified atom stereocenters. The van der Waals surface area contributed by atoms with Gasteiger partial charge in [0.25, 0.3) is 5.69 Å². The number of anilines is 1. The van der Waals surface area contributed by atoms with E-state index in [1.165, 1.54) is 36.5 Å². The lowest BCUT2D eigenvalue weighted by atomic mass is 10.1. The molecule has 0 amide bonds. The summed E-state index contributed by atoms with van der Waals surface area (Å²) >= 11 is 5.74. The van der Waals surface area contributed by atoms with Crippen LogP contribution in [0.4, 0.5) is 24.5 Å². The van der Waals surface area contributed by atoms with Crippen LogP contribution in [0.1, 0.15) is 11.1 Å². The molecule has 0 heterocycles. The van der Waals surface area contributed by atoms with Gasteiger partial charge < -0.3 is 0 Å². The van der Waals surface area contributed by atoms with Crippen LogP contribution in [-0.4, -0.2) is 11.1 Å². The summed E-state index contributed by atoms with van der Waals surface area (Å²) in [4.78, 5) is 10.0. The molecule has 0 aliphatic heterocycles. The number of rotatable bonds is 4. The van der Waals surface area contributed by atoms with Crippen LogP contribution in [0.2, 0.25) is 5.02 Å². The van der Waals surface area contributed by atoms with Gasteiger partial charge in [0.05, 0.1) is 22.4 Å². The minimum Gasteiger partial charge on any atom is -0.278 e. The molecule has 0 spiro atoms. The fraction of sp³-hybridized carbons (Fsp3) is 0.0714. The number of halogens is 4. The Balaban J connectivity index is 2.04. The molecular weight excluding hydrogens is 335 g/mol. The van der Waals surface area contributed by atoms with Crippen LogP contribution < -0.4 is 5.43 Å². The van der Waals surface area contributed by atoms with Gasteiger partial charge in [-0.05, 0) is 29.8 Å². The van der Waals surface area contributed by atoms with E-state index in [0.29, 0.717) is 11.3 Å². The number of nitro benzene ring substituents is 1. The highest BCUT2D eigenvalue weighted by atomic mass is 35.5. The molecule has 120 valence electrons. The number of hydrazone groups is 1. The van der Waals surface area contributed by atoms with Gasteiger partial charge in [0.1, 0.15) is 5.02 Å². The van der Waals surface area contributed by atoms with Crippen molar-refractivity contribution < 1.29 is 18.1 Å². The van der Waals surface area contributed by atoms with Crippen molar-refractivity contribution in [3.05, 3.63) is 68.7 Å². The van der Waals surface area contributed by atoms with Crippen molar-refractivity contribution in [1.29, 1.82) is 0 Å². The van der Waals surface area contributed by atoms with Gasteiger partial charge in [-0.3, -0.25) is 15.5 Å². The highest BCUT2D eigenvalue weighted by Crippen LogP contribution is 2.29. The third kappa shape index (κ3) is 4.43. The maximum absolute atomic E-state index is 12.4. The zero-order valence-corrected chi connectivity index (χ0v) is 12.1. The van der Waals surface area contributed by atoms with Crippen molar-refractivity contribution in [2.75, 3.05) is 5.43 Å². The maximum Gasteiger partial charge on any atom is 0.416 e. The molecule has 0 aliphatic rings. The van der Waals surface area contributed by atoms with E-state index in [2.05, 4.69) is 10.5 Å². The predicted octanol–water partition coefficient (Wildman–Crippen LogP) is 4.71. The SMILES string of the molecule is O=[N+]([O-])c1ccc(N/N=C/c2ccc(C(F)(F)F)cc2)cc1Cl. The van der Waals surface area contributed by atoms with E-state index in [1.807, 2.05) is 0 Å². The smallest absolute Gasteiger partial charge is 0.278 e. The van der Waals surface area contributed by atoms with Gasteiger partial charge in [-0.1, -0.05) is 23.7 Å². The first-order chi connectivity index (χ1) is 10.8. The second kappa shape index (κ2) is 6.66. The van der Waals surface area contributed by atoms with Crippen LogP contribution in [0.15, 0.2) is 47.6 Å². The van der Waals surface area contributed by atoms with E-state index in [0.717, 1.165) is 12.1 Å². The summed E-state index contributed by atoms with van der Waals surface area (Å²) in [5, 5.41) is 14.4. The quantitative estimate of drug-likeness (QED) is 0.496. The first kappa shape index (κ1) is 16.8. The molecule has 0 radical (unpaired) electrons. The van der Waals surface area contributed by atoms with Crippen LogP contribution in [-0.2, 0) is 6.18 Å². The number of benzene rings is 2. The van der Waals surface area contributed by atoms with E-state index in [4.69, 9.17) is 11.6 Å². The number of nitrogens with zero attached hydrogens (tertiary/aromatic N) is 2. The van der Waals surface area contributed by atoms with E-state index >= 15 is 0 Å². The number of hydrogen-bond donors (Lipinski definition) is 1. The Hall–Kier alpha value is -2.61. The molecular formula is C14H9ClF3N3O2. The highest BCUT2D eigenvalue weighted by molar-refractivity contribution is 6.32. The van der Waals surface area contributed by atoms with Crippen molar-refractivity contribution in [1.82, 2.24) is 0 Å². The van der Waals surface area contributed by atoms with Crippen LogP contribution >= 0.6 is 11.6 Å². The van der Waals surface area contributed by atoms with Crippen molar-refractivity contribution in [2.45, 2.75) is 6.18 Å². The van der Waals surface area contributed by atoms with Crippen molar-refractivity contribution in [3.8, 4) is 0 Å². The minimum atomic E-state index is -4.39. The van der Waals surface area contributed by atoms with Gasteiger partial charge in [0.2, 0.25) is 0 Å². The Kier molecular flexibility index (Phi) is 4.85. The molecule has 2 aromatic carbocycles. The van der Waals surface area contributed by atoms with Crippen molar-refractivity contribution >= 4 is 29.2 Å². The predicted molar refractivity (Wildman–Crippen MR) is 80.8 cm³/mol. The lowest BCUT2D eigenvalue weighted by Gasteiger charge is -2.05. The number of nitro groups is 1. The Morgan fingerprint density at radius 1 is 1.17 bits per heavy atom. The number of alkyl halides is 3. The number of nitrogens with one attached hydrogen (secondary N) is 1.